The van der Waals surface area contributed by atoms with Gasteiger partial charge in [-0.2, -0.15) is 0 Å². The van der Waals surface area contributed by atoms with Crippen molar-refractivity contribution in [2.45, 2.75) is 12.8 Å². The summed E-state index contributed by atoms with van der Waals surface area (Å²) in [7, 11) is 0. The average molecular weight is 308 g/mol. The van der Waals surface area contributed by atoms with E-state index in [9.17, 15) is 9.59 Å². The Balaban J connectivity index is 2.26. The third-order valence-electron chi connectivity index (χ3n) is 2.19. The molecule has 100 valence electrons. The monoisotopic (exact) mass is 307 g/mol. The van der Waals surface area contributed by atoms with Gasteiger partial charge in [-0.25, -0.2) is 0 Å². The van der Waals surface area contributed by atoms with Crippen LogP contribution in [0.3, 0.4) is 0 Å². The molecule has 0 saturated heterocycles. The summed E-state index contributed by atoms with van der Waals surface area (Å²) in [5, 5.41) is 11.2. The molecule has 1 atom stereocenters. The highest BCUT2D eigenvalue weighted by atomic mass is 35.5. The predicted octanol–water partition coefficient (Wildman–Crippen LogP) is 2.44. The van der Waals surface area contributed by atoms with E-state index in [0.29, 0.717) is 16.6 Å². The number of aliphatic carboxylic acids is 1. The van der Waals surface area contributed by atoms with Gasteiger partial charge in [0.1, 0.15) is 0 Å². The molecular formula is C11H14ClNO3S2. The third kappa shape index (κ3) is 5.29. The van der Waals surface area contributed by atoms with Gasteiger partial charge in [0.25, 0.3) is 0 Å². The number of carbonyl (C=O) groups excluding carboxylic acids is 1. The van der Waals surface area contributed by atoms with E-state index in [1.807, 2.05) is 13.0 Å². The first-order valence-electron chi connectivity index (χ1n) is 5.33. The summed E-state index contributed by atoms with van der Waals surface area (Å²) in [5.41, 5.74) is 0. The Hall–Kier alpha value is -0.720. The Morgan fingerprint density at radius 1 is 1.56 bits per heavy atom. The molecule has 0 aliphatic carbocycles. The molecule has 0 aliphatic rings. The molecule has 0 fully saturated rings. The van der Waals surface area contributed by atoms with Crippen LogP contribution in [0, 0.1) is 0 Å². The molecule has 0 bridgehead atoms. The minimum atomic E-state index is -0.840. The molecule has 7 heteroatoms. The minimum Gasteiger partial charge on any atom is -0.481 e. The summed E-state index contributed by atoms with van der Waals surface area (Å²) >= 11 is 8.49. The number of rotatable bonds is 7. The molecule has 0 aliphatic heterocycles. The summed E-state index contributed by atoms with van der Waals surface area (Å²) in [5.74, 6) is -0.480. The number of carboxylic acids is 1. The lowest BCUT2D eigenvalue weighted by molar-refractivity contribution is -0.133. The molecule has 0 radical (unpaired) electrons. The van der Waals surface area contributed by atoms with E-state index in [-0.39, 0.29) is 17.6 Å². The van der Waals surface area contributed by atoms with Gasteiger partial charge in [0.05, 0.1) is 16.0 Å². The van der Waals surface area contributed by atoms with Crippen LogP contribution >= 0.6 is 34.7 Å². The normalized spacial score (nSPS) is 12.1. The Labute approximate surface area is 119 Å². The Morgan fingerprint density at radius 2 is 2.28 bits per heavy atom. The molecule has 1 aromatic heterocycles. The van der Waals surface area contributed by atoms with Crippen molar-refractivity contribution in [3.8, 4) is 0 Å². The molecule has 1 aromatic rings. The van der Waals surface area contributed by atoms with Gasteiger partial charge in [0.2, 0.25) is 5.91 Å². The number of thiophene rings is 1. The van der Waals surface area contributed by atoms with Crippen LogP contribution < -0.4 is 5.32 Å². The fourth-order valence-corrected chi connectivity index (χ4v) is 2.93. The van der Waals surface area contributed by atoms with Gasteiger partial charge in [0, 0.05) is 17.2 Å². The molecule has 0 saturated carbocycles. The topological polar surface area (TPSA) is 66.4 Å². The lowest BCUT2D eigenvalue weighted by Crippen LogP contribution is -2.29. The maximum atomic E-state index is 11.8. The number of carbonyl (C=O) groups is 2. The lowest BCUT2D eigenvalue weighted by atomic mass is 10.1. The van der Waals surface area contributed by atoms with Gasteiger partial charge < -0.3 is 10.4 Å². The number of thioether (sulfide) groups is 1. The van der Waals surface area contributed by atoms with Gasteiger partial charge in [0.15, 0.2) is 0 Å². The van der Waals surface area contributed by atoms with Crippen molar-refractivity contribution in [1.82, 2.24) is 5.32 Å². The van der Waals surface area contributed by atoms with Crippen LogP contribution in [0.2, 0.25) is 4.34 Å². The molecule has 0 spiro atoms. The highest BCUT2D eigenvalue weighted by molar-refractivity contribution is 7.99. The number of nitrogens with one attached hydrogen (secondary N) is 1. The third-order valence-corrected chi connectivity index (χ3v) is 4.54. The van der Waals surface area contributed by atoms with Crippen LogP contribution in [0.4, 0.5) is 0 Å². The summed E-state index contributed by atoms with van der Waals surface area (Å²) < 4.78 is 0.668. The van der Waals surface area contributed by atoms with E-state index >= 15 is 0 Å². The van der Waals surface area contributed by atoms with Gasteiger partial charge >= 0.3 is 5.97 Å². The van der Waals surface area contributed by atoms with Gasteiger partial charge in [-0.3, -0.25) is 9.59 Å². The molecular weight excluding hydrogens is 294 g/mol. The lowest BCUT2D eigenvalue weighted by Gasteiger charge is -2.10. The quantitative estimate of drug-likeness (QED) is 0.759. The molecule has 1 amide bonds. The molecule has 2 N–H and O–H groups in total. The molecule has 1 rings (SSSR count). The van der Waals surface area contributed by atoms with E-state index in [1.165, 1.54) is 23.1 Å². The first kappa shape index (κ1) is 15.3. The van der Waals surface area contributed by atoms with Crippen molar-refractivity contribution in [3.05, 3.63) is 21.3 Å². The van der Waals surface area contributed by atoms with E-state index in [4.69, 9.17) is 16.7 Å². The molecule has 18 heavy (non-hydrogen) atoms. The van der Waals surface area contributed by atoms with E-state index in [2.05, 4.69) is 5.32 Å². The maximum absolute atomic E-state index is 11.8. The zero-order chi connectivity index (χ0) is 13.5. The van der Waals surface area contributed by atoms with Crippen LogP contribution in [0.5, 0.6) is 0 Å². The summed E-state index contributed by atoms with van der Waals surface area (Å²) in [4.78, 5) is 23.0. The van der Waals surface area contributed by atoms with Crippen LogP contribution in [-0.4, -0.2) is 35.0 Å². The number of hydrogen-bond acceptors (Lipinski definition) is 4. The second-order valence-corrected chi connectivity index (χ2v) is 6.45. The minimum absolute atomic E-state index is 0.0615. The maximum Gasteiger partial charge on any atom is 0.313 e. The zero-order valence-corrected chi connectivity index (χ0v) is 12.2. The van der Waals surface area contributed by atoms with Gasteiger partial charge in [-0.05, 0) is 19.1 Å². The van der Waals surface area contributed by atoms with Crippen molar-refractivity contribution in [2.24, 2.45) is 0 Å². The Bertz CT molecular complexity index is 422. The van der Waals surface area contributed by atoms with Crippen molar-refractivity contribution in [1.29, 1.82) is 0 Å². The van der Waals surface area contributed by atoms with Gasteiger partial charge in [-0.15, -0.1) is 23.1 Å². The zero-order valence-electron chi connectivity index (χ0n) is 9.81. The molecule has 1 heterocycles. The van der Waals surface area contributed by atoms with Crippen LogP contribution in [0.25, 0.3) is 0 Å². The Morgan fingerprint density at radius 3 is 2.83 bits per heavy atom. The summed E-state index contributed by atoms with van der Waals surface area (Å²) in [6.45, 7) is 2.29. The molecule has 0 aromatic carbocycles. The first-order valence-corrected chi connectivity index (χ1v) is 7.68. The highest BCUT2D eigenvalue weighted by Crippen LogP contribution is 2.27. The van der Waals surface area contributed by atoms with E-state index in [0.717, 1.165) is 4.88 Å². The van der Waals surface area contributed by atoms with Crippen molar-refractivity contribution in [3.63, 3.8) is 0 Å². The fraction of sp³-hybridized carbons (Fsp3) is 0.455. The van der Waals surface area contributed by atoms with Gasteiger partial charge in [-0.1, -0.05) is 11.6 Å². The second kappa shape index (κ2) is 7.66. The highest BCUT2D eigenvalue weighted by Gasteiger charge is 2.16. The number of hydrogen-bond donors (Lipinski definition) is 2. The second-order valence-electron chi connectivity index (χ2n) is 3.60. The molecule has 1 unspecified atom stereocenters. The van der Waals surface area contributed by atoms with Crippen LogP contribution in [-0.2, 0) is 9.59 Å². The number of carboxylic acid groups (broad SMARTS) is 1. The summed E-state index contributed by atoms with van der Waals surface area (Å²) in [6, 6.07) is 3.62. The first-order chi connectivity index (χ1) is 8.50. The predicted molar refractivity (Wildman–Crippen MR) is 75.7 cm³/mol. The van der Waals surface area contributed by atoms with Crippen molar-refractivity contribution in [2.75, 3.05) is 18.1 Å². The smallest absolute Gasteiger partial charge is 0.313 e. The number of halogens is 1. The largest absolute Gasteiger partial charge is 0.481 e. The summed E-state index contributed by atoms with van der Waals surface area (Å²) in [6.07, 6.45) is 0. The van der Waals surface area contributed by atoms with Crippen LogP contribution in [0.1, 0.15) is 17.7 Å². The standard InChI is InChI=1S/C11H14ClNO3S2/c1-7(8-2-3-9(12)18-8)11(16)13-4-5-17-6-10(14)15/h2-3,7H,4-6H2,1H3,(H,13,16)(H,14,15). The average Bonchev–Trinajstić information content (AvgIpc) is 2.73. The van der Waals surface area contributed by atoms with E-state index in [1.54, 1.807) is 6.07 Å². The molecule has 4 nitrogen and oxygen atoms in total. The van der Waals surface area contributed by atoms with Crippen molar-refractivity contribution < 1.29 is 14.7 Å². The fourth-order valence-electron chi connectivity index (χ4n) is 1.25. The van der Waals surface area contributed by atoms with Crippen molar-refractivity contribution >= 4 is 46.6 Å². The SMILES string of the molecule is CC(C(=O)NCCSCC(=O)O)c1ccc(Cl)s1. The number of amides is 1. The van der Waals surface area contributed by atoms with Crippen LogP contribution in [0.15, 0.2) is 12.1 Å². The Kier molecular flexibility index (Phi) is 6.52. The van der Waals surface area contributed by atoms with E-state index < -0.39 is 5.97 Å².